The largest absolute Gasteiger partial charge is 0.497 e. The van der Waals surface area contributed by atoms with Gasteiger partial charge in [0.1, 0.15) is 11.5 Å². The molecule has 140 valence electrons. The van der Waals surface area contributed by atoms with Gasteiger partial charge in [0, 0.05) is 6.07 Å². The molecule has 1 aromatic rings. The summed E-state index contributed by atoms with van der Waals surface area (Å²) in [6, 6.07) is 5.24. The summed E-state index contributed by atoms with van der Waals surface area (Å²) in [5.41, 5.74) is 0.515. The highest BCUT2D eigenvalue weighted by Crippen LogP contribution is 2.48. The minimum absolute atomic E-state index is 0.0174. The molecule has 1 aromatic carbocycles. The van der Waals surface area contributed by atoms with Gasteiger partial charge in [-0.1, -0.05) is 25.5 Å². The number of anilines is 1. The SMILES string of the molecule is CCCCOc1ccc(OC)cc1NC(=O)[C@@H]1[C@@H](C(=O)O)[C@H]2C=C[C@H]1C2. The summed E-state index contributed by atoms with van der Waals surface area (Å²) >= 11 is 0. The van der Waals surface area contributed by atoms with E-state index in [-0.39, 0.29) is 17.7 Å². The van der Waals surface area contributed by atoms with E-state index in [2.05, 4.69) is 12.2 Å². The Morgan fingerprint density at radius 1 is 1.23 bits per heavy atom. The van der Waals surface area contributed by atoms with Gasteiger partial charge in [0.25, 0.3) is 0 Å². The van der Waals surface area contributed by atoms with Crippen LogP contribution in [0.2, 0.25) is 0 Å². The number of rotatable bonds is 8. The molecule has 6 heteroatoms. The molecule has 0 unspecified atom stereocenters. The van der Waals surface area contributed by atoms with Gasteiger partial charge >= 0.3 is 5.97 Å². The first kappa shape index (κ1) is 18.3. The molecule has 0 aliphatic heterocycles. The number of hydrogen-bond donors (Lipinski definition) is 2. The lowest BCUT2D eigenvalue weighted by molar-refractivity contribution is -0.146. The normalized spacial score (nSPS) is 25.9. The molecule has 2 N–H and O–H groups in total. The molecule has 1 fully saturated rings. The summed E-state index contributed by atoms with van der Waals surface area (Å²) in [7, 11) is 1.56. The number of aliphatic carboxylic acids is 1. The van der Waals surface area contributed by atoms with Crippen LogP contribution in [0.4, 0.5) is 5.69 Å². The molecule has 3 rings (SSSR count). The van der Waals surface area contributed by atoms with Gasteiger partial charge in [0.2, 0.25) is 5.91 Å². The van der Waals surface area contributed by atoms with Gasteiger partial charge in [-0.2, -0.15) is 0 Å². The molecule has 0 saturated heterocycles. The topological polar surface area (TPSA) is 84.9 Å². The first-order valence-electron chi connectivity index (χ1n) is 9.08. The molecule has 0 spiro atoms. The fourth-order valence-electron chi connectivity index (χ4n) is 3.92. The number of methoxy groups -OCH3 is 1. The van der Waals surface area contributed by atoms with E-state index in [1.807, 2.05) is 12.2 Å². The second kappa shape index (κ2) is 7.81. The Bertz CT molecular complexity index is 714. The lowest BCUT2D eigenvalue weighted by atomic mass is 9.82. The number of ether oxygens (including phenoxy) is 2. The van der Waals surface area contributed by atoms with E-state index in [0.717, 1.165) is 19.3 Å². The predicted octanol–water partition coefficient (Wildman–Crippen LogP) is 3.34. The fourth-order valence-corrected chi connectivity index (χ4v) is 3.92. The monoisotopic (exact) mass is 359 g/mol. The van der Waals surface area contributed by atoms with Crippen LogP contribution in [0.1, 0.15) is 26.2 Å². The molecule has 0 aromatic heterocycles. The molecule has 4 atom stereocenters. The van der Waals surface area contributed by atoms with Crippen molar-refractivity contribution < 1.29 is 24.2 Å². The Labute approximate surface area is 153 Å². The van der Waals surface area contributed by atoms with Gasteiger partial charge in [-0.15, -0.1) is 0 Å². The smallest absolute Gasteiger partial charge is 0.307 e. The van der Waals surface area contributed by atoms with Crippen LogP contribution in [-0.2, 0) is 9.59 Å². The highest BCUT2D eigenvalue weighted by Gasteiger charge is 2.51. The molecule has 0 radical (unpaired) electrons. The number of carbonyl (C=O) groups excluding carboxylic acids is 1. The van der Waals surface area contributed by atoms with E-state index in [0.29, 0.717) is 23.8 Å². The number of fused-ring (bicyclic) bond motifs is 2. The van der Waals surface area contributed by atoms with Crippen molar-refractivity contribution in [3.05, 3.63) is 30.4 Å². The second-order valence-corrected chi connectivity index (χ2v) is 6.89. The fraction of sp³-hybridized carbons (Fsp3) is 0.500. The highest BCUT2D eigenvalue weighted by atomic mass is 16.5. The molecular weight excluding hydrogens is 334 g/mol. The van der Waals surface area contributed by atoms with Crippen molar-refractivity contribution in [2.75, 3.05) is 19.0 Å². The van der Waals surface area contributed by atoms with E-state index in [1.54, 1.807) is 25.3 Å². The number of nitrogens with one attached hydrogen (secondary N) is 1. The van der Waals surface area contributed by atoms with E-state index in [1.165, 1.54) is 0 Å². The molecule has 2 bridgehead atoms. The van der Waals surface area contributed by atoms with Gasteiger partial charge in [0.15, 0.2) is 0 Å². The van der Waals surface area contributed by atoms with Gasteiger partial charge in [-0.25, -0.2) is 0 Å². The Kier molecular flexibility index (Phi) is 5.49. The van der Waals surface area contributed by atoms with Crippen molar-refractivity contribution in [2.45, 2.75) is 26.2 Å². The summed E-state index contributed by atoms with van der Waals surface area (Å²) in [6.45, 7) is 2.63. The molecule has 0 heterocycles. The molecule has 6 nitrogen and oxygen atoms in total. The van der Waals surface area contributed by atoms with Crippen LogP contribution in [-0.4, -0.2) is 30.7 Å². The maximum Gasteiger partial charge on any atom is 0.307 e. The molecule has 2 aliphatic carbocycles. The molecule has 2 aliphatic rings. The number of carbonyl (C=O) groups is 2. The first-order valence-corrected chi connectivity index (χ1v) is 9.08. The van der Waals surface area contributed by atoms with Crippen molar-refractivity contribution in [1.82, 2.24) is 0 Å². The van der Waals surface area contributed by atoms with Crippen molar-refractivity contribution >= 4 is 17.6 Å². The maximum atomic E-state index is 12.9. The quantitative estimate of drug-likeness (QED) is 0.549. The number of benzene rings is 1. The number of carboxylic acids is 1. The lowest BCUT2D eigenvalue weighted by Crippen LogP contribution is -2.36. The van der Waals surface area contributed by atoms with Gasteiger partial charge < -0.3 is 19.9 Å². The van der Waals surface area contributed by atoms with Crippen LogP contribution in [0, 0.1) is 23.7 Å². The number of unbranched alkanes of at least 4 members (excludes halogenated alkanes) is 1. The second-order valence-electron chi connectivity index (χ2n) is 6.89. The zero-order chi connectivity index (χ0) is 18.7. The van der Waals surface area contributed by atoms with Crippen LogP contribution in [0.15, 0.2) is 30.4 Å². The van der Waals surface area contributed by atoms with Gasteiger partial charge in [-0.3, -0.25) is 9.59 Å². The number of hydrogen-bond acceptors (Lipinski definition) is 4. The molecule has 1 amide bonds. The zero-order valence-corrected chi connectivity index (χ0v) is 15.1. The van der Waals surface area contributed by atoms with Crippen molar-refractivity contribution in [1.29, 1.82) is 0 Å². The van der Waals surface area contributed by atoms with Gasteiger partial charge in [-0.05, 0) is 36.8 Å². The Morgan fingerprint density at radius 3 is 2.62 bits per heavy atom. The number of allylic oxidation sites excluding steroid dienone is 2. The predicted molar refractivity (Wildman–Crippen MR) is 97.4 cm³/mol. The average molecular weight is 359 g/mol. The summed E-state index contributed by atoms with van der Waals surface area (Å²) < 4.78 is 11.0. The molecular formula is C20H25NO5. The average Bonchev–Trinajstić information content (AvgIpc) is 3.24. The van der Waals surface area contributed by atoms with Crippen LogP contribution in [0.5, 0.6) is 11.5 Å². The van der Waals surface area contributed by atoms with Crippen molar-refractivity contribution in [3.8, 4) is 11.5 Å². The summed E-state index contributed by atoms with van der Waals surface area (Å²) in [4.78, 5) is 24.5. The first-order chi connectivity index (χ1) is 12.5. The van der Waals surface area contributed by atoms with Crippen LogP contribution in [0.3, 0.4) is 0 Å². The maximum absolute atomic E-state index is 12.9. The number of amides is 1. The van der Waals surface area contributed by atoms with Crippen molar-refractivity contribution in [3.63, 3.8) is 0 Å². The van der Waals surface area contributed by atoms with Gasteiger partial charge in [0.05, 0.1) is 31.2 Å². The molecule has 26 heavy (non-hydrogen) atoms. The van der Waals surface area contributed by atoms with Crippen LogP contribution >= 0.6 is 0 Å². The summed E-state index contributed by atoms with van der Waals surface area (Å²) in [6.07, 6.45) is 6.55. The minimum Gasteiger partial charge on any atom is -0.497 e. The molecule has 1 saturated carbocycles. The summed E-state index contributed by atoms with van der Waals surface area (Å²) in [5, 5.41) is 12.4. The van der Waals surface area contributed by atoms with Crippen LogP contribution < -0.4 is 14.8 Å². The highest BCUT2D eigenvalue weighted by molar-refractivity contribution is 5.97. The third-order valence-electron chi connectivity index (χ3n) is 5.25. The summed E-state index contributed by atoms with van der Waals surface area (Å²) in [5.74, 6) is -1.31. The van der Waals surface area contributed by atoms with E-state index < -0.39 is 17.8 Å². The third-order valence-corrected chi connectivity index (χ3v) is 5.25. The zero-order valence-electron chi connectivity index (χ0n) is 15.1. The lowest BCUT2D eigenvalue weighted by Gasteiger charge is -2.24. The Balaban J connectivity index is 1.79. The standard InChI is InChI=1S/C20H25NO5/c1-3-4-9-26-16-8-7-14(25-2)11-15(16)21-19(22)17-12-5-6-13(10-12)18(17)20(23)24/h5-8,11-13,17-18H,3-4,9-10H2,1-2H3,(H,21,22)(H,23,24)/t12-,13-,17-,18-/m0/s1. The minimum atomic E-state index is -0.910. The van der Waals surface area contributed by atoms with E-state index in [4.69, 9.17) is 9.47 Å². The van der Waals surface area contributed by atoms with E-state index >= 15 is 0 Å². The van der Waals surface area contributed by atoms with Crippen LogP contribution in [0.25, 0.3) is 0 Å². The Morgan fingerprint density at radius 2 is 1.96 bits per heavy atom. The number of carboxylic acid groups (broad SMARTS) is 1. The third kappa shape index (κ3) is 3.54. The van der Waals surface area contributed by atoms with E-state index in [9.17, 15) is 14.7 Å². The van der Waals surface area contributed by atoms with Crippen molar-refractivity contribution in [2.24, 2.45) is 23.7 Å². The Hall–Kier alpha value is -2.50.